The number of nitrogens with one attached hydrogen (secondary N) is 1. The maximum Gasteiger partial charge on any atom is 0.303 e. The van der Waals surface area contributed by atoms with Crippen LogP contribution in [-0.2, 0) is 9.59 Å². The van der Waals surface area contributed by atoms with Crippen molar-refractivity contribution in [1.29, 1.82) is 0 Å². The molecule has 0 aliphatic carbocycles. The molecule has 0 aromatic carbocycles. The number of amides is 1. The summed E-state index contributed by atoms with van der Waals surface area (Å²) in [5.74, 6) is -0.612. The van der Waals surface area contributed by atoms with Gasteiger partial charge in [0, 0.05) is 25.4 Å². The first kappa shape index (κ1) is 16.2. The first-order valence-corrected chi connectivity index (χ1v) is 6.88. The van der Waals surface area contributed by atoms with Crippen molar-refractivity contribution in [2.24, 2.45) is 11.8 Å². The lowest BCUT2D eigenvalue weighted by atomic mass is 9.94. The van der Waals surface area contributed by atoms with Crippen LogP contribution in [0.1, 0.15) is 39.7 Å². The van der Waals surface area contributed by atoms with Crippen molar-refractivity contribution in [3.05, 3.63) is 18.5 Å². The van der Waals surface area contributed by atoms with Crippen LogP contribution in [0, 0.1) is 11.8 Å². The highest BCUT2D eigenvalue weighted by molar-refractivity contribution is 5.79. The fraction of sp³-hybridized carbons (Fsp3) is 0.643. The molecule has 20 heavy (non-hydrogen) atoms. The van der Waals surface area contributed by atoms with Crippen LogP contribution < -0.4 is 5.32 Å². The number of nitrogens with zero attached hydrogens (tertiary/aromatic N) is 2. The summed E-state index contributed by atoms with van der Waals surface area (Å²) in [6.45, 7) is 6.23. The van der Waals surface area contributed by atoms with Crippen LogP contribution in [-0.4, -0.2) is 33.3 Å². The largest absolute Gasteiger partial charge is 0.481 e. The van der Waals surface area contributed by atoms with E-state index >= 15 is 0 Å². The lowest BCUT2D eigenvalue weighted by Crippen LogP contribution is -2.35. The van der Waals surface area contributed by atoms with Crippen molar-refractivity contribution in [1.82, 2.24) is 15.1 Å². The van der Waals surface area contributed by atoms with E-state index in [1.165, 1.54) is 0 Å². The summed E-state index contributed by atoms with van der Waals surface area (Å²) >= 11 is 0. The van der Waals surface area contributed by atoms with Gasteiger partial charge in [-0.1, -0.05) is 13.8 Å². The highest BCUT2D eigenvalue weighted by atomic mass is 16.4. The topological polar surface area (TPSA) is 84.2 Å². The van der Waals surface area contributed by atoms with Crippen LogP contribution in [0.5, 0.6) is 0 Å². The lowest BCUT2D eigenvalue weighted by Gasteiger charge is -2.19. The molecule has 1 amide bonds. The van der Waals surface area contributed by atoms with Gasteiger partial charge in [-0.05, 0) is 31.2 Å². The van der Waals surface area contributed by atoms with E-state index in [9.17, 15) is 9.59 Å². The smallest absolute Gasteiger partial charge is 0.303 e. The molecule has 0 radical (unpaired) electrons. The number of hydrogen-bond donors (Lipinski definition) is 2. The third kappa shape index (κ3) is 5.42. The molecule has 1 aromatic rings. The van der Waals surface area contributed by atoms with Crippen molar-refractivity contribution in [2.75, 3.05) is 6.54 Å². The van der Waals surface area contributed by atoms with Gasteiger partial charge in [0.25, 0.3) is 0 Å². The summed E-state index contributed by atoms with van der Waals surface area (Å²) in [5.41, 5.74) is 0. The molecule has 1 aromatic heterocycles. The second-order valence-electron chi connectivity index (χ2n) is 5.50. The molecule has 112 valence electrons. The van der Waals surface area contributed by atoms with Gasteiger partial charge < -0.3 is 10.4 Å². The Hall–Kier alpha value is -1.85. The Morgan fingerprint density at radius 2 is 2.05 bits per heavy atom. The maximum absolute atomic E-state index is 12.0. The minimum atomic E-state index is -0.829. The Kier molecular flexibility index (Phi) is 6.21. The lowest BCUT2D eigenvalue weighted by molar-refractivity contribution is -0.138. The zero-order valence-electron chi connectivity index (χ0n) is 12.2. The molecule has 0 fully saturated rings. The van der Waals surface area contributed by atoms with Gasteiger partial charge in [0.1, 0.15) is 6.04 Å². The van der Waals surface area contributed by atoms with Crippen molar-refractivity contribution in [3.8, 4) is 0 Å². The minimum Gasteiger partial charge on any atom is -0.481 e. The third-order valence-electron chi connectivity index (χ3n) is 3.13. The number of aromatic nitrogens is 2. The van der Waals surface area contributed by atoms with E-state index in [4.69, 9.17) is 5.11 Å². The zero-order chi connectivity index (χ0) is 15.1. The average Bonchev–Trinajstić information content (AvgIpc) is 2.87. The molecule has 2 N–H and O–H groups in total. The van der Waals surface area contributed by atoms with Gasteiger partial charge in [0.2, 0.25) is 5.91 Å². The fourth-order valence-corrected chi connectivity index (χ4v) is 2.17. The Balaban J connectivity index is 2.49. The highest BCUT2D eigenvalue weighted by Gasteiger charge is 2.19. The molecule has 6 nitrogen and oxygen atoms in total. The van der Waals surface area contributed by atoms with Crippen LogP contribution in [0.4, 0.5) is 0 Å². The van der Waals surface area contributed by atoms with Crippen molar-refractivity contribution >= 4 is 11.9 Å². The van der Waals surface area contributed by atoms with Gasteiger partial charge in [-0.2, -0.15) is 5.10 Å². The maximum atomic E-state index is 12.0. The van der Waals surface area contributed by atoms with Crippen LogP contribution in [0.3, 0.4) is 0 Å². The normalized spacial score (nSPS) is 14.0. The summed E-state index contributed by atoms with van der Waals surface area (Å²) in [7, 11) is 0. The van der Waals surface area contributed by atoms with E-state index in [2.05, 4.69) is 10.4 Å². The molecule has 0 spiro atoms. The van der Waals surface area contributed by atoms with Gasteiger partial charge >= 0.3 is 5.97 Å². The molecule has 0 aliphatic heterocycles. The molecule has 6 heteroatoms. The summed E-state index contributed by atoms with van der Waals surface area (Å²) in [4.78, 5) is 22.8. The van der Waals surface area contributed by atoms with Gasteiger partial charge in [0.15, 0.2) is 0 Å². The van der Waals surface area contributed by atoms with Crippen LogP contribution in [0.25, 0.3) is 0 Å². The summed E-state index contributed by atoms with van der Waals surface area (Å²) in [6, 6.07) is 1.37. The fourth-order valence-electron chi connectivity index (χ4n) is 2.17. The number of aliphatic carboxylic acids is 1. The van der Waals surface area contributed by atoms with E-state index in [1.54, 1.807) is 30.1 Å². The van der Waals surface area contributed by atoms with E-state index in [1.807, 2.05) is 13.8 Å². The zero-order valence-corrected chi connectivity index (χ0v) is 12.2. The number of carbonyl (C=O) groups is 2. The molecule has 0 saturated carbocycles. The van der Waals surface area contributed by atoms with E-state index in [0.29, 0.717) is 12.5 Å². The van der Waals surface area contributed by atoms with Gasteiger partial charge in [-0.25, -0.2) is 0 Å². The molecule has 1 heterocycles. The predicted octanol–water partition coefficient (Wildman–Crippen LogP) is 1.70. The number of carboxylic acid groups (broad SMARTS) is 1. The predicted molar refractivity (Wildman–Crippen MR) is 75.1 cm³/mol. The van der Waals surface area contributed by atoms with Crippen LogP contribution >= 0.6 is 0 Å². The Labute approximate surface area is 119 Å². The standard InChI is InChI=1S/C14H23N3O3/c1-10(2)7-12(8-13(18)19)9-15-14(20)11(3)17-6-4-5-16-17/h4-6,10-12H,7-9H2,1-3H3,(H,15,20)(H,18,19)/t11?,12-/m0/s1. The van der Waals surface area contributed by atoms with Crippen LogP contribution in [0.2, 0.25) is 0 Å². The average molecular weight is 281 g/mol. The SMILES string of the molecule is CC(C)C[C@H](CNC(=O)C(C)n1cccn1)CC(=O)O. The Bertz CT molecular complexity index is 429. The third-order valence-corrected chi connectivity index (χ3v) is 3.13. The first-order chi connectivity index (χ1) is 9.40. The quantitative estimate of drug-likeness (QED) is 0.759. The summed E-state index contributed by atoms with van der Waals surface area (Å²) in [5, 5.41) is 15.7. The van der Waals surface area contributed by atoms with Gasteiger partial charge in [-0.3, -0.25) is 14.3 Å². The van der Waals surface area contributed by atoms with Crippen molar-refractivity contribution < 1.29 is 14.7 Å². The molecular formula is C14H23N3O3. The molecule has 0 aliphatic rings. The number of hydrogen-bond acceptors (Lipinski definition) is 3. The highest BCUT2D eigenvalue weighted by Crippen LogP contribution is 2.15. The van der Waals surface area contributed by atoms with Crippen LogP contribution in [0.15, 0.2) is 18.5 Å². The van der Waals surface area contributed by atoms with E-state index in [-0.39, 0.29) is 18.2 Å². The number of carboxylic acids is 1. The molecule has 0 bridgehead atoms. The number of carbonyl (C=O) groups excluding carboxylic acids is 1. The molecule has 1 rings (SSSR count). The van der Waals surface area contributed by atoms with Crippen molar-refractivity contribution in [3.63, 3.8) is 0 Å². The second kappa shape index (κ2) is 7.67. The van der Waals surface area contributed by atoms with Gasteiger partial charge in [0.05, 0.1) is 0 Å². The molecule has 2 atom stereocenters. The number of rotatable bonds is 8. The molecular weight excluding hydrogens is 258 g/mol. The Morgan fingerprint density at radius 1 is 1.35 bits per heavy atom. The van der Waals surface area contributed by atoms with Crippen molar-refractivity contribution in [2.45, 2.75) is 39.7 Å². The molecule has 1 unspecified atom stereocenters. The van der Waals surface area contributed by atoms with E-state index < -0.39 is 12.0 Å². The van der Waals surface area contributed by atoms with Gasteiger partial charge in [-0.15, -0.1) is 0 Å². The second-order valence-corrected chi connectivity index (χ2v) is 5.50. The minimum absolute atomic E-state index is 0.0405. The molecule has 0 saturated heterocycles. The van der Waals surface area contributed by atoms with E-state index in [0.717, 1.165) is 6.42 Å². The first-order valence-electron chi connectivity index (χ1n) is 6.88. The summed E-state index contributed by atoms with van der Waals surface area (Å²) in [6.07, 6.45) is 4.21. The summed E-state index contributed by atoms with van der Waals surface area (Å²) < 4.78 is 1.57. The monoisotopic (exact) mass is 281 g/mol. The Morgan fingerprint density at radius 3 is 2.55 bits per heavy atom.